The van der Waals surface area contributed by atoms with E-state index in [2.05, 4.69) is 88.4 Å². The average molecular weight is 455 g/mol. The molecule has 0 radical (unpaired) electrons. The molecule has 0 unspecified atom stereocenters. The molecule has 0 spiro atoms. The van der Waals surface area contributed by atoms with Crippen molar-refractivity contribution in [2.75, 3.05) is 31.3 Å². The summed E-state index contributed by atoms with van der Waals surface area (Å²) in [5.74, 6) is 2.29. The Labute approximate surface area is 199 Å². The molecule has 0 aliphatic heterocycles. The number of anilines is 2. The first-order valence-electron chi connectivity index (χ1n) is 11.5. The number of aromatic nitrogens is 4. The molecule has 0 amide bonds. The predicted molar refractivity (Wildman–Crippen MR) is 140 cm³/mol. The lowest BCUT2D eigenvalue weighted by Gasteiger charge is -2.11. The number of hydrogen-bond donors (Lipinski definition) is 2. The molecule has 0 fully saturated rings. The van der Waals surface area contributed by atoms with Gasteiger partial charge in [-0.05, 0) is 60.9 Å². The second-order valence-electron chi connectivity index (χ2n) is 8.65. The highest BCUT2D eigenvalue weighted by Gasteiger charge is 2.12. The monoisotopic (exact) mass is 454 g/mol. The lowest BCUT2D eigenvalue weighted by molar-refractivity contribution is 0.415. The van der Waals surface area contributed by atoms with Crippen LogP contribution in [-0.2, 0) is 20.5 Å². The average Bonchev–Trinajstić information content (AvgIpc) is 3.33. The quantitative estimate of drug-likeness (QED) is 0.356. The van der Waals surface area contributed by atoms with Crippen molar-refractivity contribution in [3.63, 3.8) is 0 Å². The van der Waals surface area contributed by atoms with Crippen LogP contribution >= 0.6 is 0 Å². The molecule has 3 aromatic heterocycles. The predicted octanol–water partition coefficient (Wildman–Crippen LogP) is 5.14. The summed E-state index contributed by atoms with van der Waals surface area (Å²) in [4.78, 5) is 9.33. The summed E-state index contributed by atoms with van der Waals surface area (Å²) in [6.45, 7) is 2.85. The number of nitrogens with zero attached hydrogens (tertiary/aromatic N) is 4. The van der Waals surface area contributed by atoms with E-state index in [9.17, 15) is 0 Å². The van der Waals surface area contributed by atoms with Gasteiger partial charge in [0.1, 0.15) is 11.6 Å². The summed E-state index contributed by atoms with van der Waals surface area (Å²) >= 11 is 0. The molecule has 7 nitrogen and oxygen atoms in total. The minimum atomic E-state index is 0.613. The van der Waals surface area contributed by atoms with E-state index in [1.807, 2.05) is 19.3 Å². The molecule has 0 saturated heterocycles. The zero-order valence-corrected chi connectivity index (χ0v) is 20.3. The van der Waals surface area contributed by atoms with Gasteiger partial charge in [-0.2, -0.15) is 4.98 Å². The zero-order valence-electron chi connectivity index (χ0n) is 20.3. The maximum absolute atomic E-state index is 5.41. The molecule has 0 bridgehead atoms. The maximum atomic E-state index is 5.41. The van der Waals surface area contributed by atoms with Gasteiger partial charge < -0.3 is 24.5 Å². The molecule has 7 heteroatoms. The highest BCUT2D eigenvalue weighted by Crippen LogP contribution is 2.30. The molecule has 0 aliphatic carbocycles. The molecule has 174 valence electrons. The Morgan fingerprint density at radius 1 is 1.03 bits per heavy atom. The number of rotatable bonds is 7. The van der Waals surface area contributed by atoms with E-state index in [0.717, 1.165) is 35.7 Å². The lowest BCUT2D eigenvalue weighted by Crippen LogP contribution is -2.09. The number of hydrogen-bond acceptors (Lipinski definition) is 5. The fourth-order valence-electron chi connectivity index (χ4n) is 4.61. The summed E-state index contributed by atoms with van der Waals surface area (Å²) in [5.41, 5.74) is 7.00. The maximum Gasteiger partial charge on any atom is 0.224 e. The van der Waals surface area contributed by atoms with Gasteiger partial charge in [0.25, 0.3) is 0 Å². The Hall–Kier alpha value is -4.00. The van der Waals surface area contributed by atoms with Crippen molar-refractivity contribution in [1.82, 2.24) is 19.1 Å². The van der Waals surface area contributed by atoms with E-state index >= 15 is 0 Å². The highest BCUT2D eigenvalue weighted by molar-refractivity contribution is 5.88. The minimum absolute atomic E-state index is 0.613. The molecule has 2 aromatic carbocycles. The third-order valence-corrected chi connectivity index (χ3v) is 6.58. The van der Waals surface area contributed by atoms with Crippen molar-refractivity contribution < 1.29 is 4.74 Å². The molecule has 5 rings (SSSR count). The Bertz CT molecular complexity index is 1500. The fraction of sp³-hybridized carbons (Fsp3) is 0.259. The van der Waals surface area contributed by atoms with Crippen molar-refractivity contribution >= 4 is 33.6 Å². The number of ether oxygens (including phenoxy) is 1. The van der Waals surface area contributed by atoms with E-state index in [1.54, 1.807) is 7.11 Å². The molecule has 34 heavy (non-hydrogen) atoms. The van der Waals surface area contributed by atoms with E-state index in [4.69, 9.17) is 9.72 Å². The lowest BCUT2D eigenvalue weighted by atomic mass is 10.1. The Morgan fingerprint density at radius 3 is 2.65 bits per heavy atom. The van der Waals surface area contributed by atoms with Crippen LogP contribution < -0.4 is 15.4 Å². The highest BCUT2D eigenvalue weighted by atomic mass is 16.5. The van der Waals surface area contributed by atoms with Crippen LogP contribution in [0.1, 0.15) is 11.3 Å². The fourth-order valence-corrected chi connectivity index (χ4v) is 4.61. The third kappa shape index (κ3) is 3.83. The molecular formula is C27H30N6O. The standard InChI is InChI=1S/C27H30N6O/c1-17-12-20-13-18(6-8-24(20)33(17)4)23-15-30-27(31-26(23)28-2)29-11-10-19-16-32(3)25-9-7-21(34-5)14-22(19)25/h6-9,12-16H,10-11H2,1-5H3,(H2,28,29,30,31). The van der Waals surface area contributed by atoms with Gasteiger partial charge in [-0.1, -0.05) is 6.07 Å². The zero-order chi connectivity index (χ0) is 23.8. The number of nitrogens with one attached hydrogen (secondary N) is 2. The van der Waals surface area contributed by atoms with Gasteiger partial charge in [-0.15, -0.1) is 0 Å². The third-order valence-electron chi connectivity index (χ3n) is 6.58. The van der Waals surface area contributed by atoms with Gasteiger partial charge in [-0.3, -0.25) is 0 Å². The molecule has 3 heterocycles. The van der Waals surface area contributed by atoms with Crippen LogP contribution in [0, 0.1) is 6.92 Å². The second kappa shape index (κ2) is 8.74. The smallest absolute Gasteiger partial charge is 0.224 e. The number of methoxy groups -OCH3 is 1. The normalized spacial score (nSPS) is 11.3. The first kappa shape index (κ1) is 21.8. The Morgan fingerprint density at radius 2 is 1.85 bits per heavy atom. The molecular weight excluding hydrogens is 424 g/mol. The van der Waals surface area contributed by atoms with Crippen molar-refractivity contribution in [3.8, 4) is 16.9 Å². The summed E-state index contributed by atoms with van der Waals surface area (Å²) in [7, 11) is 7.75. The minimum Gasteiger partial charge on any atom is -0.497 e. The summed E-state index contributed by atoms with van der Waals surface area (Å²) in [6.07, 6.45) is 4.92. The summed E-state index contributed by atoms with van der Waals surface area (Å²) in [5, 5.41) is 9.04. The second-order valence-corrected chi connectivity index (χ2v) is 8.65. The van der Waals surface area contributed by atoms with E-state index in [-0.39, 0.29) is 0 Å². The van der Waals surface area contributed by atoms with Gasteiger partial charge >= 0.3 is 0 Å². The van der Waals surface area contributed by atoms with Crippen molar-refractivity contribution in [2.45, 2.75) is 13.3 Å². The van der Waals surface area contributed by atoms with Crippen molar-refractivity contribution in [2.24, 2.45) is 14.1 Å². The molecule has 0 atom stereocenters. The summed E-state index contributed by atoms with van der Waals surface area (Å²) < 4.78 is 9.77. The van der Waals surface area contributed by atoms with Gasteiger partial charge in [0, 0.05) is 73.1 Å². The molecule has 0 aliphatic rings. The van der Waals surface area contributed by atoms with Gasteiger partial charge in [0.2, 0.25) is 5.95 Å². The van der Waals surface area contributed by atoms with Crippen molar-refractivity contribution in [1.29, 1.82) is 0 Å². The van der Waals surface area contributed by atoms with Gasteiger partial charge in [-0.25, -0.2) is 4.98 Å². The van der Waals surface area contributed by atoms with Crippen LogP contribution in [0.3, 0.4) is 0 Å². The van der Waals surface area contributed by atoms with E-state index in [1.165, 1.54) is 33.1 Å². The SMILES string of the molecule is CNc1nc(NCCc2cn(C)c3ccc(OC)cc23)ncc1-c1ccc2c(c1)cc(C)n2C. The van der Waals surface area contributed by atoms with Crippen LogP contribution in [0.15, 0.2) is 54.9 Å². The Balaban J connectivity index is 1.35. The van der Waals surface area contributed by atoms with Crippen LogP contribution in [0.25, 0.3) is 32.9 Å². The van der Waals surface area contributed by atoms with Crippen molar-refractivity contribution in [3.05, 3.63) is 66.1 Å². The van der Waals surface area contributed by atoms with E-state index < -0.39 is 0 Å². The Kier molecular flexibility index (Phi) is 5.61. The summed E-state index contributed by atoms with van der Waals surface area (Å²) in [6, 6.07) is 14.9. The number of benzene rings is 2. The number of aryl methyl sites for hydroxylation is 3. The van der Waals surface area contributed by atoms with Crippen LogP contribution in [0.4, 0.5) is 11.8 Å². The van der Waals surface area contributed by atoms with E-state index in [0.29, 0.717) is 5.95 Å². The molecule has 5 aromatic rings. The number of fused-ring (bicyclic) bond motifs is 2. The topological polar surface area (TPSA) is 68.9 Å². The largest absolute Gasteiger partial charge is 0.497 e. The first-order chi connectivity index (χ1) is 16.5. The van der Waals surface area contributed by atoms with Crippen LogP contribution in [0.2, 0.25) is 0 Å². The van der Waals surface area contributed by atoms with Crippen LogP contribution in [-0.4, -0.2) is 39.8 Å². The van der Waals surface area contributed by atoms with Crippen LogP contribution in [0.5, 0.6) is 5.75 Å². The first-order valence-corrected chi connectivity index (χ1v) is 11.5. The molecule has 0 saturated carbocycles. The van der Waals surface area contributed by atoms with Gasteiger partial charge in [0.15, 0.2) is 0 Å². The molecule has 2 N–H and O–H groups in total. The van der Waals surface area contributed by atoms with Gasteiger partial charge in [0.05, 0.1) is 7.11 Å².